The minimum Gasteiger partial charge on any atom is -0.405 e. The van der Waals surface area contributed by atoms with Gasteiger partial charge in [0.05, 0.1) is 22.3 Å². The molecule has 0 saturated heterocycles. The molecular weight excluding hydrogens is 467 g/mol. The molecule has 1 amide bonds. The molecule has 5 N–H and O–H groups in total. The zero-order chi connectivity index (χ0) is 24.7. The maximum Gasteiger partial charge on any atom is 0.416 e. The molecule has 1 aliphatic carbocycles. The predicted octanol–water partition coefficient (Wildman–Crippen LogP) is 5.52. The molecule has 1 fully saturated rings. The highest BCUT2D eigenvalue weighted by Gasteiger charge is 2.32. The number of aromatic amines is 1. The molecule has 182 valence electrons. The molecule has 1 aliphatic rings. The van der Waals surface area contributed by atoms with Crippen LogP contribution in [0.4, 0.5) is 19.0 Å². The Morgan fingerprint density at radius 3 is 2.65 bits per heavy atom. The molecule has 0 unspecified atom stereocenters. The van der Waals surface area contributed by atoms with Crippen LogP contribution in [-0.4, -0.2) is 28.7 Å². The van der Waals surface area contributed by atoms with E-state index >= 15 is 0 Å². The number of alkyl halides is 3. The number of rotatable bonds is 8. The predicted molar refractivity (Wildman–Crippen MR) is 128 cm³/mol. The van der Waals surface area contributed by atoms with Crippen molar-refractivity contribution in [2.24, 2.45) is 11.7 Å². The van der Waals surface area contributed by atoms with Crippen molar-refractivity contribution in [3.8, 4) is 0 Å². The lowest BCUT2D eigenvalue weighted by molar-refractivity contribution is -0.137. The fourth-order valence-electron chi connectivity index (χ4n) is 3.96. The number of carbonyl (C=O) groups excluding carboxylic acids is 1. The summed E-state index contributed by atoms with van der Waals surface area (Å²) in [5, 5.41) is 13.3. The van der Waals surface area contributed by atoms with Crippen LogP contribution < -0.4 is 16.4 Å². The van der Waals surface area contributed by atoms with Crippen LogP contribution in [0.15, 0.2) is 55.4 Å². The van der Waals surface area contributed by atoms with Crippen LogP contribution in [0.5, 0.6) is 0 Å². The third-order valence-corrected chi connectivity index (χ3v) is 6.17. The van der Waals surface area contributed by atoms with Crippen molar-refractivity contribution in [2.45, 2.75) is 37.9 Å². The van der Waals surface area contributed by atoms with Gasteiger partial charge >= 0.3 is 6.18 Å². The van der Waals surface area contributed by atoms with E-state index in [2.05, 4.69) is 27.4 Å². The van der Waals surface area contributed by atoms with Gasteiger partial charge in [0.1, 0.15) is 5.82 Å². The number of halogens is 4. The number of aromatic nitrogens is 2. The Bertz CT molecular complexity index is 1070. The third kappa shape index (κ3) is 6.44. The first-order valence-corrected chi connectivity index (χ1v) is 11.3. The van der Waals surface area contributed by atoms with Crippen molar-refractivity contribution in [1.29, 1.82) is 0 Å². The van der Waals surface area contributed by atoms with E-state index in [1.54, 1.807) is 18.3 Å². The summed E-state index contributed by atoms with van der Waals surface area (Å²) in [5.74, 6) is 0.572. The van der Waals surface area contributed by atoms with E-state index in [1.165, 1.54) is 6.20 Å². The number of H-pyrrole nitrogens is 1. The van der Waals surface area contributed by atoms with Gasteiger partial charge in [-0.25, -0.2) is 0 Å². The number of amides is 1. The molecule has 0 radical (unpaired) electrons. The highest BCUT2D eigenvalue weighted by atomic mass is 35.5. The van der Waals surface area contributed by atoms with Gasteiger partial charge in [0.15, 0.2) is 0 Å². The maximum atomic E-state index is 13.0. The average Bonchev–Trinajstić information content (AvgIpc) is 3.27. The molecule has 0 spiro atoms. The lowest BCUT2D eigenvalue weighted by Gasteiger charge is -2.29. The van der Waals surface area contributed by atoms with Gasteiger partial charge < -0.3 is 16.4 Å². The van der Waals surface area contributed by atoms with E-state index in [-0.39, 0.29) is 16.6 Å². The lowest BCUT2D eigenvalue weighted by Crippen LogP contribution is -2.38. The molecule has 1 saturated carbocycles. The summed E-state index contributed by atoms with van der Waals surface area (Å²) >= 11 is 5.98. The van der Waals surface area contributed by atoms with E-state index in [0.29, 0.717) is 12.5 Å². The highest BCUT2D eigenvalue weighted by molar-refractivity contribution is 6.33. The topological polar surface area (TPSA) is 95.8 Å². The first-order valence-electron chi connectivity index (χ1n) is 10.9. The van der Waals surface area contributed by atoms with Crippen LogP contribution in [0.25, 0.3) is 5.57 Å². The Morgan fingerprint density at radius 2 is 2.00 bits per heavy atom. The number of allylic oxidation sites excluding steroid dienone is 4. The van der Waals surface area contributed by atoms with E-state index in [4.69, 9.17) is 17.3 Å². The summed E-state index contributed by atoms with van der Waals surface area (Å²) in [6.07, 6.45) is 7.07. The number of benzene rings is 1. The minimum atomic E-state index is -4.54. The summed E-state index contributed by atoms with van der Waals surface area (Å²) in [5.41, 5.74) is 6.10. The number of nitrogens with zero attached hydrogens (tertiary/aromatic N) is 1. The second-order valence-electron chi connectivity index (χ2n) is 8.13. The fourth-order valence-corrected chi connectivity index (χ4v) is 4.17. The van der Waals surface area contributed by atoms with Gasteiger partial charge in [-0.15, -0.1) is 0 Å². The van der Waals surface area contributed by atoms with Crippen molar-refractivity contribution >= 4 is 28.9 Å². The van der Waals surface area contributed by atoms with Crippen LogP contribution in [0.1, 0.15) is 47.2 Å². The summed E-state index contributed by atoms with van der Waals surface area (Å²) < 4.78 is 38.9. The Hall–Kier alpha value is -3.20. The normalized spacial score (nSPS) is 19.2. The molecule has 34 heavy (non-hydrogen) atoms. The summed E-state index contributed by atoms with van der Waals surface area (Å²) in [6, 6.07) is 2.65. The molecule has 0 atom stereocenters. The molecule has 0 aliphatic heterocycles. The zero-order valence-corrected chi connectivity index (χ0v) is 19.2. The van der Waals surface area contributed by atoms with Crippen molar-refractivity contribution in [3.63, 3.8) is 0 Å². The van der Waals surface area contributed by atoms with Gasteiger partial charge in [0.2, 0.25) is 0 Å². The van der Waals surface area contributed by atoms with E-state index < -0.39 is 17.6 Å². The van der Waals surface area contributed by atoms with Crippen molar-refractivity contribution in [3.05, 3.63) is 77.1 Å². The summed E-state index contributed by atoms with van der Waals surface area (Å²) in [6.45, 7) is 4.54. The summed E-state index contributed by atoms with van der Waals surface area (Å²) in [7, 11) is 0. The second kappa shape index (κ2) is 11.3. The highest BCUT2D eigenvalue weighted by Crippen LogP contribution is 2.32. The lowest BCUT2D eigenvalue weighted by atomic mass is 9.86. The van der Waals surface area contributed by atoms with Gasteiger partial charge in [-0.3, -0.25) is 9.89 Å². The van der Waals surface area contributed by atoms with E-state index in [1.807, 2.05) is 6.08 Å². The first kappa shape index (κ1) is 25.4. The molecular formula is C24H27ClF3N5O. The molecule has 1 heterocycles. The van der Waals surface area contributed by atoms with Gasteiger partial charge in [-0.2, -0.15) is 18.3 Å². The molecule has 0 bridgehead atoms. The van der Waals surface area contributed by atoms with Crippen molar-refractivity contribution in [1.82, 2.24) is 15.5 Å². The Kier molecular flexibility index (Phi) is 8.44. The number of nitrogens with one attached hydrogen (secondary N) is 3. The van der Waals surface area contributed by atoms with Crippen molar-refractivity contribution in [2.75, 3.05) is 11.9 Å². The fraction of sp³-hybridized carbons (Fsp3) is 0.333. The standard InChI is InChI=1S/C24H27ClF3N5O/c1-2-16(4-3-11-29)20-14-31-33-22(20)30-13-15-5-8-18(9-6-15)32-23(34)19-12-17(24(26,27)28)7-10-21(19)25/h2-4,7,10-12,14-15,18H,1,5-6,8-9,13,29H2,(H,32,34)(H2,30,31,33)/b11-3-,16-4+. The Balaban J connectivity index is 1.53. The zero-order valence-electron chi connectivity index (χ0n) is 18.5. The van der Waals surface area contributed by atoms with Crippen LogP contribution in [0, 0.1) is 5.92 Å². The molecule has 3 rings (SSSR count). The number of hydrogen-bond acceptors (Lipinski definition) is 4. The van der Waals surface area contributed by atoms with Crippen LogP contribution in [0.3, 0.4) is 0 Å². The minimum absolute atomic E-state index is 0.00589. The van der Waals surface area contributed by atoms with Gasteiger partial charge in [0.25, 0.3) is 5.91 Å². The van der Waals surface area contributed by atoms with E-state index in [0.717, 1.165) is 60.8 Å². The van der Waals surface area contributed by atoms with Crippen LogP contribution in [0.2, 0.25) is 5.02 Å². The molecule has 2 aromatic rings. The number of nitrogens with two attached hydrogens (primary N) is 1. The Labute approximate surface area is 201 Å². The third-order valence-electron chi connectivity index (χ3n) is 5.84. The summed E-state index contributed by atoms with van der Waals surface area (Å²) in [4.78, 5) is 12.6. The second-order valence-corrected chi connectivity index (χ2v) is 8.54. The van der Waals surface area contributed by atoms with Crippen LogP contribution >= 0.6 is 11.6 Å². The van der Waals surface area contributed by atoms with Gasteiger partial charge in [0, 0.05) is 18.2 Å². The SMILES string of the molecule is C=C/C(=C\C=C/N)c1cn[nH]c1NCC1CCC(NC(=O)c2cc(C(F)(F)F)ccc2Cl)CC1. The van der Waals surface area contributed by atoms with E-state index in [9.17, 15) is 18.0 Å². The molecule has 1 aromatic carbocycles. The van der Waals surface area contributed by atoms with Crippen LogP contribution in [-0.2, 0) is 6.18 Å². The maximum absolute atomic E-state index is 13.0. The number of carbonyl (C=O) groups is 1. The smallest absolute Gasteiger partial charge is 0.405 e. The number of hydrogen-bond donors (Lipinski definition) is 4. The molecule has 10 heteroatoms. The number of anilines is 1. The first-order chi connectivity index (χ1) is 16.2. The molecule has 1 aromatic heterocycles. The Morgan fingerprint density at radius 1 is 1.26 bits per heavy atom. The quantitative estimate of drug-likeness (QED) is 0.364. The van der Waals surface area contributed by atoms with Gasteiger partial charge in [-0.05, 0) is 67.6 Å². The average molecular weight is 494 g/mol. The van der Waals surface area contributed by atoms with Gasteiger partial charge in [-0.1, -0.05) is 30.3 Å². The van der Waals surface area contributed by atoms with Crippen molar-refractivity contribution < 1.29 is 18.0 Å². The molecule has 6 nitrogen and oxygen atoms in total. The largest absolute Gasteiger partial charge is 0.416 e. The monoisotopic (exact) mass is 493 g/mol.